The Kier molecular flexibility index (Phi) is 6.72. The molecular weight excluding hydrogens is 430 g/mol. The lowest BCUT2D eigenvalue weighted by molar-refractivity contribution is 0.0587. The lowest BCUT2D eigenvalue weighted by atomic mass is 9.92. The van der Waals surface area contributed by atoms with Crippen molar-refractivity contribution in [3.8, 4) is 17.3 Å². The maximum atomic E-state index is 14.2. The number of nitriles is 1. The molecule has 1 saturated heterocycles. The van der Waals surface area contributed by atoms with Crippen LogP contribution in [0.2, 0.25) is 0 Å². The summed E-state index contributed by atoms with van der Waals surface area (Å²) < 4.78 is 28.4. The van der Waals surface area contributed by atoms with Gasteiger partial charge in [0.1, 0.15) is 29.1 Å². The molecule has 1 aliphatic heterocycles. The second-order valence-electron chi connectivity index (χ2n) is 9.33. The van der Waals surface area contributed by atoms with E-state index in [0.717, 1.165) is 12.1 Å². The predicted octanol–water partition coefficient (Wildman–Crippen LogP) is 4.33. The number of halogens is 2. The number of anilines is 2. The van der Waals surface area contributed by atoms with Crippen molar-refractivity contribution < 1.29 is 18.7 Å². The van der Waals surface area contributed by atoms with Crippen molar-refractivity contribution in [2.24, 2.45) is 5.92 Å². The molecule has 1 aromatic heterocycles. The number of amides is 1. The molecule has 1 aromatic carbocycles. The summed E-state index contributed by atoms with van der Waals surface area (Å²) in [4.78, 5) is 24.3. The smallest absolute Gasteiger partial charge is 0.408 e. The molecule has 8 nitrogen and oxygen atoms in total. The van der Waals surface area contributed by atoms with Gasteiger partial charge in [-0.2, -0.15) is 10.2 Å². The Balaban J connectivity index is 2.03. The van der Waals surface area contributed by atoms with Crippen LogP contribution < -0.4 is 10.2 Å². The molecule has 1 amide bonds. The molecule has 176 valence electrons. The molecule has 2 aromatic rings. The van der Waals surface area contributed by atoms with E-state index >= 15 is 0 Å². The fourth-order valence-electron chi connectivity index (χ4n) is 4.37. The van der Waals surface area contributed by atoms with Crippen LogP contribution in [-0.4, -0.2) is 57.8 Å². The van der Waals surface area contributed by atoms with Crippen LogP contribution in [0.4, 0.5) is 25.3 Å². The first-order valence-electron chi connectivity index (χ1n) is 10.7. The van der Waals surface area contributed by atoms with Crippen molar-refractivity contribution in [3.05, 3.63) is 35.4 Å². The van der Waals surface area contributed by atoms with Gasteiger partial charge in [0.2, 0.25) is 5.95 Å². The van der Waals surface area contributed by atoms with E-state index in [1.54, 1.807) is 13.1 Å². The predicted molar refractivity (Wildman–Crippen MR) is 121 cm³/mol. The molecule has 3 rings (SSSR count). The zero-order valence-corrected chi connectivity index (χ0v) is 19.4. The molecule has 2 N–H and O–H groups in total. The topological polar surface area (TPSA) is 105 Å². The number of hydrogen-bond acceptors (Lipinski definition) is 6. The van der Waals surface area contributed by atoms with Crippen LogP contribution in [0.25, 0.3) is 11.3 Å². The fraction of sp³-hybridized carbons (Fsp3) is 0.478. The van der Waals surface area contributed by atoms with Gasteiger partial charge in [-0.25, -0.2) is 18.6 Å². The highest BCUT2D eigenvalue weighted by Crippen LogP contribution is 2.31. The lowest BCUT2D eigenvalue weighted by Crippen LogP contribution is -2.58. The van der Waals surface area contributed by atoms with E-state index in [-0.39, 0.29) is 29.2 Å². The Hall–Kier alpha value is -3.48. The van der Waals surface area contributed by atoms with Crippen LogP contribution in [0.1, 0.15) is 39.7 Å². The summed E-state index contributed by atoms with van der Waals surface area (Å²) in [5, 5.41) is 21.6. The number of aromatic nitrogens is 2. The van der Waals surface area contributed by atoms with Crippen molar-refractivity contribution >= 4 is 17.9 Å². The van der Waals surface area contributed by atoms with E-state index in [2.05, 4.69) is 15.3 Å². The summed E-state index contributed by atoms with van der Waals surface area (Å²) in [6, 6.07) is 5.02. The summed E-state index contributed by atoms with van der Waals surface area (Å²) in [7, 11) is 1.64. The molecule has 0 aliphatic carbocycles. The third kappa shape index (κ3) is 5.13. The molecule has 0 saturated carbocycles. The van der Waals surface area contributed by atoms with Crippen molar-refractivity contribution in [3.63, 3.8) is 0 Å². The second kappa shape index (κ2) is 9.17. The minimum Gasteiger partial charge on any atom is -0.465 e. The number of nitrogens with zero attached hydrogens (tertiary/aromatic N) is 5. The van der Waals surface area contributed by atoms with Crippen LogP contribution in [0.5, 0.6) is 0 Å². The van der Waals surface area contributed by atoms with E-state index in [1.807, 2.05) is 32.6 Å². The van der Waals surface area contributed by atoms with Gasteiger partial charge in [-0.05, 0) is 45.2 Å². The van der Waals surface area contributed by atoms with Crippen molar-refractivity contribution in [2.45, 2.75) is 45.7 Å². The number of carbonyl (C=O) groups is 1. The summed E-state index contributed by atoms with van der Waals surface area (Å²) >= 11 is 0. The summed E-state index contributed by atoms with van der Waals surface area (Å²) in [5.74, 6) is -0.965. The van der Waals surface area contributed by atoms with Crippen LogP contribution in [0, 0.1) is 28.9 Å². The molecule has 1 aliphatic rings. The maximum absolute atomic E-state index is 14.2. The monoisotopic (exact) mass is 458 g/mol. The number of rotatable bonds is 4. The van der Waals surface area contributed by atoms with Crippen LogP contribution in [-0.2, 0) is 0 Å². The van der Waals surface area contributed by atoms with Gasteiger partial charge in [-0.15, -0.1) is 0 Å². The average molecular weight is 459 g/mol. The van der Waals surface area contributed by atoms with Crippen LogP contribution in [0.3, 0.4) is 0 Å². The molecule has 0 unspecified atom stereocenters. The highest BCUT2D eigenvalue weighted by atomic mass is 19.1. The first-order valence-corrected chi connectivity index (χ1v) is 10.7. The standard InChI is InChI=1S/C23H28F2N6O2/c1-13-6-15(31(22(32)33)23(2,3)4)12-30(11-13)20-9-19(28-21(27-5)29-20)14-7-17(24)16(10-26)18(25)8-14/h7-9,13,15H,6,11-12H2,1-5H3,(H,32,33)(H,27,28,29)/t13-,15-/m1/s1. The minimum absolute atomic E-state index is 0.174. The Morgan fingerprint density at radius 3 is 2.39 bits per heavy atom. The van der Waals surface area contributed by atoms with E-state index in [9.17, 15) is 18.7 Å². The molecule has 1 fully saturated rings. The molecule has 0 bridgehead atoms. The molecule has 2 atom stereocenters. The molecule has 10 heteroatoms. The van der Waals surface area contributed by atoms with Crippen molar-refractivity contribution in [1.82, 2.24) is 14.9 Å². The Morgan fingerprint density at radius 1 is 1.24 bits per heavy atom. The number of benzene rings is 1. The van der Waals surface area contributed by atoms with Crippen LogP contribution in [0.15, 0.2) is 18.2 Å². The summed E-state index contributed by atoms with van der Waals surface area (Å²) in [6.07, 6.45) is -0.271. The number of piperidine rings is 1. The highest BCUT2D eigenvalue weighted by Gasteiger charge is 2.38. The summed E-state index contributed by atoms with van der Waals surface area (Å²) in [6.45, 7) is 8.70. The number of hydrogen-bond donors (Lipinski definition) is 2. The molecule has 0 spiro atoms. The van der Waals surface area contributed by atoms with Gasteiger partial charge < -0.3 is 15.3 Å². The largest absolute Gasteiger partial charge is 0.465 e. The van der Waals surface area contributed by atoms with Gasteiger partial charge >= 0.3 is 6.09 Å². The van der Waals surface area contributed by atoms with Gasteiger partial charge in [0.15, 0.2) is 0 Å². The molecule has 2 heterocycles. The van der Waals surface area contributed by atoms with Gasteiger partial charge in [0.25, 0.3) is 0 Å². The normalized spacial score (nSPS) is 18.5. The molecule has 0 radical (unpaired) electrons. The lowest BCUT2D eigenvalue weighted by Gasteiger charge is -2.46. The quantitative estimate of drug-likeness (QED) is 0.703. The second-order valence-corrected chi connectivity index (χ2v) is 9.33. The van der Waals surface area contributed by atoms with Crippen molar-refractivity contribution in [1.29, 1.82) is 5.26 Å². The van der Waals surface area contributed by atoms with Gasteiger partial charge in [-0.1, -0.05) is 6.92 Å². The Bertz CT molecular complexity index is 1070. The SMILES string of the molecule is CNc1nc(-c2cc(F)c(C#N)c(F)c2)cc(N2C[C@H](C)C[C@@H](N(C(=O)O)C(C)(C)C)C2)n1. The van der Waals surface area contributed by atoms with E-state index in [4.69, 9.17) is 5.26 Å². The zero-order valence-electron chi connectivity index (χ0n) is 19.4. The Labute approximate surface area is 191 Å². The first-order chi connectivity index (χ1) is 15.4. The third-order valence-electron chi connectivity index (χ3n) is 5.64. The highest BCUT2D eigenvalue weighted by molar-refractivity contribution is 5.68. The Morgan fingerprint density at radius 2 is 1.88 bits per heavy atom. The van der Waals surface area contributed by atoms with Gasteiger partial charge in [0, 0.05) is 37.3 Å². The third-order valence-corrected chi connectivity index (χ3v) is 5.64. The van der Waals surface area contributed by atoms with E-state index in [0.29, 0.717) is 25.3 Å². The molecule has 33 heavy (non-hydrogen) atoms. The fourth-order valence-corrected chi connectivity index (χ4v) is 4.37. The average Bonchev–Trinajstić information content (AvgIpc) is 2.71. The zero-order chi connectivity index (χ0) is 24.5. The first kappa shape index (κ1) is 24.2. The van der Waals surface area contributed by atoms with Gasteiger partial charge in [-0.3, -0.25) is 4.90 Å². The minimum atomic E-state index is -0.982. The van der Waals surface area contributed by atoms with Crippen LogP contribution >= 0.6 is 0 Å². The maximum Gasteiger partial charge on any atom is 0.408 e. The summed E-state index contributed by atoms with van der Waals surface area (Å²) in [5.41, 5.74) is -0.769. The van der Waals surface area contributed by atoms with Gasteiger partial charge in [0.05, 0.1) is 11.7 Å². The molecular formula is C23H28F2N6O2. The number of nitrogens with one attached hydrogen (secondary N) is 1. The van der Waals surface area contributed by atoms with E-state index < -0.39 is 28.8 Å². The number of carboxylic acid groups (broad SMARTS) is 1. The van der Waals surface area contributed by atoms with Crippen molar-refractivity contribution in [2.75, 3.05) is 30.4 Å². The van der Waals surface area contributed by atoms with E-state index in [1.165, 1.54) is 11.0 Å².